The maximum absolute atomic E-state index is 11.9. The molecule has 0 spiro atoms. The molecule has 0 bridgehead atoms. The van der Waals surface area contributed by atoms with E-state index in [4.69, 9.17) is 4.74 Å². The van der Waals surface area contributed by atoms with Crippen LogP contribution >= 0.6 is 0 Å². The Labute approximate surface area is 169 Å². The van der Waals surface area contributed by atoms with Crippen LogP contribution in [0.25, 0.3) is 0 Å². The molecule has 28 heavy (non-hydrogen) atoms. The summed E-state index contributed by atoms with van der Waals surface area (Å²) in [4.78, 5) is 18.0. The minimum absolute atomic E-state index is 0.00757. The summed E-state index contributed by atoms with van der Waals surface area (Å²) in [6, 6.07) is 8.66. The van der Waals surface area contributed by atoms with Crippen molar-refractivity contribution in [2.75, 3.05) is 27.2 Å². The normalized spacial score (nSPS) is 16.1. The number of ether oxygens (including phenoxy) is 1. The van der Waals surface area contributed by atoms with Crippen molar-refractivity contribution in [2.24, 2.45) is 10.9 Å². The Hall–Kier alpha value is -2.24. The third kappa shape index (κ3) is 7.41. The van der Waals surface area contributed by atoms with Crippen LogP contribution in [-0.4, -0.2) is 50.1 Å². The van der Waals surface area contributed by atoms with Crippen molar-refractivity contribution >= 4 is 11.9 Å². The summed E-state index contributed by atoms with van der Waals surface area (Å²) in [5.41, 5.74) is 1.15. The van der Waals surface area contributed by atoms with E-state index >= 15 is 0 Å². The number of carbonyl (C=O) groups is 1. The fraction of sp³-hybridized carbons (Fsp3) is 0.636. The number of aliphatic imine (C=N–C) groups is 1. The number of likely N-dealkylation sites (N-methyl/N-ethyl adjacent to an activating group) is 1. The largest absolute Gasteiger partial charge is 0.493 e. The monoisotopic (exact) mass is 388 g/mol. The maximum atomic E-state index is 11.9. The Kier molecular flexibility index (Phi) is 8.61. The van der Waals surface area contributed by atoms with Gasteiger partial charge in [-0.1, -0.05) is 38.8 Å². The van der Waals surface area contributed by atoms with Crippen molar-refractivity contribution in [1.29, 1.82) is 0 Å². The molecule has 1 aliphatic rings. The highest BCUT2D eigenvalue weighted by Crippen LogP contribution is 2.20. The lowest BCUT2D eigenvalue weighted by Crippen LogP contribution is -2.44. The molecule has 0 saturated heterocycles. The number of guanidine groups is 1. The molecule has 6 heteroatoms. The van der Waals surface area contributed by atoms with Crippen molar-refractivity contribution in [3.05, 3.63) is 29.8 Å². The van der Waals surface area contributed by atoms with Crippen molar-refractivity contribution in [3.8, 4) is 5.75 Å². The first-order valence-corrected chi connectivity index (χ1v) is 10.4. The molecule has 6 nitrogen and oxygen atoms in total. The van der Waals surface area contributed by atoms with Crippen LogP contribution in [0.4, 0.5) is 0 Å². The Bertz CT molecular complexity index is 634. The van der Waals surface area contributed by atoms with Crippen LogP contribution in [0.3, 0.4) is 0 Å². The summed E-state index contributed by atoms with van der Waals surface area (Å²) in [7, 11) is 3.50. The smallest absolute Gasteiger partial charge is 0.243 e. The highest BCUT2D eigenvalue weighted by Gasteiger charge is 2.18. The van der Waals surface area contributed by atoms with Gasteiger partial charge in [0, 0.05) is 20.1 Å². The van der Waals surface area contributed by atoms with Gasteiger partial charge in [-0.3, -0.25) is 4.79 Å². The van der Waals surface area contributed by atoms with Crippen LogP contribution in [0.1, 0.15) is 58.1 Å². The first-order valence-electron chi connectivity index (χ1n) is 10.4. The molecule has 0 aromatic heterocycles. The van der Waals surface area contributed by atoms with Gasteiger partial charge < -0.3 is 20.3 Å². The summed E-state index contributed by atoms with van der Waals surface area (Å²) in [6.07, 6.45) is 4.79. The fourth-order valence-corrected chi connectivity index (χ4v) is 3.09. The quantitative estimate of drug-likeness (QED) is 0.529. The molecule has 1 atom stereocenters. The molecule has 1 aromatic carbocycles. The van der Waals surface area contributed by atoms with Gasteiger partial charge in [0.05, 0.1) is 12.6 Å². The first-order chi connectivity index (χ1) is 13.3. The number of nitrogens with zero attached hydrogens (tertiary/aromatic N) is 2. The molecular weight excluding hydrogens is 352 g/mol. The Morgan fingerprint density at radius 3 is 2.39 bits per heavy atom. The molecule has 1 unspecified atom stereocenters. The van der Waals surface area contributed by atoms with Gasteiger partial charge in [-0.15, -0.1) is 0 Å². The van der Waals surface area contributed by atoms with Gasteiger partial charge in [0.15, 0.2) is 5.96 Å². The van der Waals surface area contributed by atoms with Gasteiger partial charge in [0.2, 0.25) is 5.91 Å². The molecule has 1 aromatic rings. The zero-order chi connectivity index (χ0) is 20.5. The summed E-state index contributed by atoms with van der Waals surface area (Å²) >= 11 is 0. The minimum atomic E-state index is -0.00757. The molecule has 1 saturated carbocycles. The number of benzene rings is 1. The second kappa shape index (κ2) is 10.9. The molecule has 0 radical (unpaired) electrons. The molecular formula is C22H36N4O2. The van der Waals surface area contributed by atoms with Gasteiger partial charge in [-0.2, -0.15) is 0 Å². The van der Waals surface area contributed by atoms with E-state index < -0.39 is 0 Å². The Balaban J connectivity index is 2.00. The number of hydrogen-bond donors (Lipinski definition) is 2. The maximum Gasteiger partial charge on any atom is 0.243 e. The van der Waals surface area contributed by atoms with Gasteiger partial charge >= 0.3 is 0 Å². The Morgan fingerprint density at radius 1 is 1.18 bits per heavy atom. The molecule has 1 amide bonds. The second-order valence-electron chi connectivity index (χ2n) is 8.22. The van der Waals surface area contributed by atoms with Crippen LogP contribution in [0.15, 0.2) is 29.3 Å². The topological polar surface area (TPSA) is 66.0 Å². The van der Waals surface area contributed by atoms with Crippen LogP contribution in [0, 0.1) is 5.92 Å². The van der Waals surface area contributed by atoms with E-state index in [1.165, 1.54) is 12.8 Å². The van der Waals surface area contributed by atoms with Crippen molar-refractivity contribution < 1.29 is 9.53 Å². The number of carbonyl (C=O) groups excluding carboxylic acids is 1. The van der Waals surface area contributed by atoms with Crippen molar-refractivity contribution in [3.63, 3.8) is 0 Å². The second-order valence-corrected chi connectivity index (χ2v) is 8.22. The van der Waals surface area contributed by atoms with Crippen molar-refractivity contribution in [2.45, 2.75) is 58.5 Å². The van der Waals surface area contributed by atoms with Gasteiger partial charge in [-0.05, 0) is 43.4 Å². The lowest BCUT2D eigenvalue weighted by molar-refractivity contribution is -0.127. The van der Waals surface area contributed by atoms with E-state index in [9.17, 15) is 4.79 Å². The summed E-state index contributed by atoms with van der Waals surface area (Å²) in [5, 5.41) is 6.95. The molecule has 1 aliphatic carbocycles. The highest BCUT2D eigenvalue weighted by atomic mass is 16.5. The lowest BCUT2D eigenvalue weighted by atomic mass is 10.1. The Morgan fingerprint density at radius 2 is 1.82 bits per heavy atom. The highest BCUT2D eigenvalue weighted by molar-refractivity contribution is 5.85. The predicted molar refractivity (Wildman–Crippen MR) is 115 cm³/mol. The minimum Gasteiger partial charge on any atom is -0.493 e. The summed E-state index contributed by atoms with van der Waals surface area (Å²) < 4.78 is 5.76. The third-order valence-electron chi connectivity index (χ3n) is 4.88. The van der Waals surface area contributed by atoms with E-state index in [0.29, 0.717) is 17.9 Å². The number of nitrogens with one attached hydrogen (secondary N) is 2. The molecule has 1 fully saturated rings. The molecule has 156 valence electrons. The molecule has 2 rings (SSSR count). The molecule has 0 aliphatic heterocycles. The van der Waals surface area contributed by atoms with E-state index in [1.807, 2.05) is 12.1 Å². The zero-order valence-electron chi connectivity index (χ0n) is 18.0. The zero-order valence-corrected chi connectivity index (χ0v) is 18.0. The third-order valence-corrected chi connectivity index (χ3v) is 4.88. The van der Waals surface area contributed by atoms with Crippen molar-refractivity contribution in [1.82, 2.24) is 15.5 Å². The standard InChI is InChI=1S/C22H36N4O2/c1-16(2)15-28-20-12-10-18(11-13-20)17(3)24-22(23-14-21(27)26(4)5)25-19-8-6-7-9-19/h10-13,16-17,19H,6-9,14-15H2,1-5H3,(H2,23,24,25). The summed E-state index contributed by atoms with van der Waals surface area (Å²) in [6.45, 7) is 7.24. The average molecular weight is 389 g/mol. The van der Waals surface area contributed by atoms with Crippen LogP contribution in [0.2, 0.25) is 0 Å². The fourth-order valence-electron chi connectivity index (χ4n) is 3.09. The van der Waals surface area contributed by atoms with E-state index in [1.54, 1.807) is 19.0 Å². The van der Waals surface area contributed by atoms with Gasteiger partial charge in [0.1, 0.15) is 12.3 Å². The number of hydrogen-bond acceptors (Lipinski definition) is 3. The SMILES string of the molecule is CC(C)COc1ccc(C(C)NC(=NCC(=O)N(C)C)NC2CCCC2)cc1. The lowest BCUT2D eigenvalue weighted by Gasteiger charge is -2.22. The van der Waals surface area contributed by atoms with E-state index in [-0.39, 0.29) is 18.5 Å². The van der Waals surface area contributed by atoms with Crippen LogP contribution < -0.4 is 15.4 Å². The average Bonchev–Trinajstić information content (AvgIpc) is 3.17. The van der Waals surface area contributed by atoms with E-state index in [2.05, 4.69) is 48.5 Å². The van der Waals surface area contributed by atoms with Gasteiger partial charge in [-0.25, -0.2) is 4.99 Å². The van der Waals surface area contributed by atoms with Crippen LogP contribution in [0.5, 0.6) is 5.75 Å². The summed E-state index contributed by atoms with van der Waals surface area (Å²) in [5.74, 6) is 2.09. The first kappa shape index (κ1) is 22.1. The predicted octanol–water partition coefficient (Wildman–Crippen LogP) is 3.35. The number of amides is 1. The number of rotatable bonds is 8. The molecule has 0 heterocycles. The van der Waals surface area contributed by atoms with E-state index in [0.717, 1.165) is 30.8 Å². The molecule has 2 N–H and O–H groups in total. The van der Waals surface area contributed by atoms with Gasteiger partial charge in [0.25, 0.3) is 0 Å². The van der Waals surface area contributed by atoms with Crippen LogP contribution in [-0.2, 0) is 4.79 Å².